The van der Waals surface area contributed by atoms with Crippen molar-refractivity contribution in [3.8, 4) is 5.69 Å². The topological polar surface area (TPSA) is 100 Å². The van der Waals surface area contributed by atoms with Gasteiger partial charge in [0.1, 0.15) is 5.92 Å². The summed E-state index contributed by atoms with van der Waals surface area (Å²) < 4.78 is 1.09. The van der Waals surface area contributed by atoms with Gasteiger partial charge in [0, 0.05) is 0 Å². The van der Waals surface area contributed by atoms with Crippen LogP contribution in [0, 0.1) is 5.92 Å². The van der Waals surface area contributed by atoms with E-state index in [1.807, 2.05) is 12.1 Å². The summed E-state index contributed by atoms with van der Waals surface area (Å²) in [5, 5.41) is 9.47. The van der Waals surface area contributed by atoms with Gasteiger partial charge in [0.05, 0.1) is 17.1 Å². The van der Waals surface area contributed by atoms with Gasteiger partial charge in [-0.05, 0) is 31.2 Å². The molecule has 27 heavy (non-hydrogen) atoms. The second kappa shape index (κ2) is 6.49. The van der Waals surface area contributed by atoms with E-state index < -0.39 is 23.3 Å². The van der Waals surface area contributed by atoms with E-state index in [0.29, 0.717) is 17.1 Å². The van der Waals surface area contributed by atoms with Crippen molar-refractivity contribution in [2.45, 2.75) is 6.92 Å². The molecule has 0 bridgehead atoms. The van der Waals surface area contributed by atoms with Gasteiger partial charge in [0.15, 0.2) is 5.82 Å². The molecule has 1 aromatic heterocycles. The van der Waals surface area contributed by atoms with Crippen molar-refractivity contribution in [1.82, 2.24) is 14.8 Å². The number of hydrogen-bond donors (Lipinski definition) is 1. The zero-order valence-corrected chi connectivity index (χ0v) is 14.4. The van der Waals surface area contributed by atoms with Gasteiger partial charge in [-0.15, -0.1) is 5.10 Å². The highest BCUT2D eigenvalue weighted by Gasteiger charge is 2.41. The number of para-hydroxylation sites is 2. The van der Waals surface area contributed by atoms with Crippen molar-refractivity contribution in [1.29, 1.82) is 0 Å². The third-order valence-electron chi connectivity index (χ3n) is 4.25. The van der Waals surface area contributed by atoms with Crippen LogP contribution >= 0.6 is 0 Å². The van der Waals surface area contributed by atoms with Crippen LogP contribution in [0.25, 0.3) is 5.69 Å². The number of aromatic amines is 1. The normalized spacial score (nSPS) is 16.5. The fourth-order valence-corrected chi connectivity index (χ4v) is 2.94. The maximum Gasteiger partial charge on any atom is 0.348 e. The molecule has 1 aliphatic rings. The van der Waals surface area contributed by atoms with Gasteiger partial charge in [-0.3, -0.25) is 14.6 Å². The lowest BCUT2D eigenvalue weighted by Crippen LogP contribution is -2.33. The fourth-order valence-electron chi connectivity index (χ4n) is 2.94. The molecule has 2 heterocycles. The molecular weight excluding hydrogens is 346 g/mol. The van der Waals surface area contributed by atoms with Crippen LogP contribution in [0.1, 0.15) is 17.5 Å². The van der Waals surface area contributed by atoms with E-state index in [4.69, 9.17) is 0 Å². The first-order valence-electron chi connectivity index (χ1n) is 8.29. The fraction of sp³-hybridized carbons (Fsp3) is 0.105. The monoisotopic (exact) mass is 361 g/mol. The number of carbonyl (C=O) groups excluding carboxylic acids is 2. The molecule has 3 aromatic rings. The first-order valence-corrected chi connectivity index (χ1v) is 8.29. The second-order valence-electron chi connectivity index (χ2n) is 6.05. The highest BCUT2D eigenvalue weighted by molar-refractivity contribution is 6.29. The molecule has 0 radical (unpaired) electrons. The van der Waals surface area contributed by atoms with Gasteiger partial charge in [-0.25, -0.2) is 4.79 Å². The predicted octanol–water partition coefficient (Wildman–Crippen LogP) is 1.78. The maximum atomic E-state index is 12.9. The lowest BCUT2D eigenvalue weighted by molar-refractivity contribution is -0.118. The number of H-pyrrole nitrogens is 1. The van der Waals surface area contributed by atoms with Crippen molar-refractivity contribution in [3.05, 3.63) is 77.0 Å². The summed E-state index contributed by atoms with van der Waals surface area (Å²) >= 11 is 0. The molecule has 8 nitrogen and oxygen atoms in total. The standard InChI is InChI=1S/C19H15N5O3/c1-12-15(18(26)23(21-12)13-8-4-2-5-9-13)16(25)17-20-19(27)24(22-17)14-10-6-3-7-11-14/h2-11,15H,1H3,(H,20,22,27). The molecule has 1 amide bonds. The van der Waals surface area contributed by atoms with Crippen LogP contribution < -0.4 is 10.7 Å². The summed E-state index contributed by atoms with van der Waals surface area (Å²) in [5.41, 5.74) is 0.890. The summed E-state index contributed by atoms with van der Waals surface area (Å²) in [7, 11) is 0. The quantitative estimate of drug-likeness (QED) is 0.565. The molecular formula is C19H15N5O3. The number of ketones is 1. The highest BCUT2D eigenvalue weighted by Crippen LogP contribution is 2.25. The number of rotatable bonds is 4. The summed E-state index contributed by atoms with van der Waals surface area (Å²) in [6, 6.07) is 17.6. The maximum absolute atomic E-state index is 12.9. The van der Waals surface area contributed by atoms with Gasteiger partial charge in [-0.1, -0.05) is 36.4 Å². The number of amides is 1. The number of nitrogens with one attached hydrogen (secondary N) is 1. The molecule has 8 heteroatoms. The Morgan fingerprint density at radius 3 is 2.19 bits per heavy atom. The molecule has 134 valence electrons. The number of anilines is 1. The van der Waals surface area contributed by atoms with Crippen LogP contribution in [0.4, 0.5) is 5.69 Å². The molecule has 0 aliphatic carbocycles. The molecule has 1 atom stereocenters. The van der Waals surface area contributed by atoms with E-state index in [-0.39, 0.29) is 5.82 Å². The van der Waals surface area contributed by atoms with Gasteiger partial charge in [0.25, 0.3) is 5.91 Å². The average molecular weight is 361 g/mol. The van der Waals surface area contributed by atoms with Crippen LogP contribution in [0.3, 0.4) is 0 Å². The Kier molecular flexibility index (Phi) is 4.00. The van der Waals surface area contributed by atoms with Crippen molar-refractivity contribution in [2.75, 3.05) is 5.01 Å². The molecule has 1 unspecified atom stereocenters. The van der Waals surface area contributed by atoms with Crippen LogP contribution in [-0.4, -0.2) is 32.2 Å². The molecule has 1 aliphatic heterocycles. The minimum Gasteiger partial charge on any atom is -0.289 e. The van der Waals surface area contributed by atoms with Crippen LogP contribution in [0.15, 0.2) is 70.6 Å². The van der Waals surface area contributed by atoms with E-state index in [1.165, 1.54) is 5.01 Å². The molecule has 0 saturated carbocycles. The molecule has 0 fully saturated rings. The minimum absolute atomic E-state index is 0.174. The minimum atomic E-state index is -1.11. The van der Waals surface area contributed by atoms with Crippen molar-refractivity contribution in [3.63, 3.8) is 0 Å². The highest BCUT2D eigenvalue weighted by atomic mass is 16.2. The Hall–Kier alpha value is -3.81. The SMILES string of the molecule is CC1=NN(c2ccccc2)C(=O)C1C(=O)c1nn(-c2ccccc2)c(=O)[nH]1. The Labute approximate surface area is 153 Å². The Morgan fingerprint density at radius 1 is 0.963 bits per heavy atom. The van der Waals surface area contributed by atoms with E-state index >= 15 is 0 Å². The predicted molar refractivity (Wildman–Crippen MR) is 99.0 cm³/mol. The number of nitrogens with zero attached hydrogens (tertiary/aromatic N) is 4. The number of hydrazone groups is 1. The first kappa shape index (κ1) is 16.6. The number of hydrogen-bond acceptors (Lipinski definition) is 5. The average Bonchev–Trinajstić information content (AvgIpc) is 3.22. The van der Waals surface area contributed by atoms with E-state index in [9.17, 15) is 14.4 Å². The Balaban J connectivity index is 1.65. The number of carbonyl (C=O) groups is 2. The molecule has 2 aromatic carbocycles. The van der Waals surface area contributed by atoms with Crippen LogP contribution in [0.2, 0.25) is 0 Å². The Morgan fingerprint density at radius 2 is 1.56 bits per heavy atom. The van der Waals surface area contributed by atoms with Gasteiger partial charge in [0.2, 0.25) is 5.78 Å². The summed E-state index contributed by atoms with van der Waals surface area (Å²) in [6.45, 7) is 1.61. The van der Waals surface area contributed by atoms with Gasteiger partial charge < -0.3 is 0 Å². The van der Waals surface area contributed by atoms with Crippen molar-refractivity contribution in [2.24, 2.45) is 11.0 Å². The number of Topliss-reactive ketones (excluding diaryl/α,β-unsaturated/α-hetero) is 1. The lowest BCUT2D eigenvalue weighted by Gasteiger charge is -2.12. The zero-order chi connectivity index (χ0) is 19.0. The van der Waals surface area contributed by atoms with E-state index in [0.717, 1.165) is 4.68 Å². The Bertz CT molecular complexity index is 1100. The second-order valence-corrected chi connectivity index (χ2v) is 6.05. The smallest absolute Gasteiger partial charge is 0.289 e. The molecule has 4 rings (SSSR count). The van der Waals surface area contributed by atoms with Crippen LogP contribution in [-0.2, 0) is 4.79 Å². The van der Waals surface area contributed by atoms with E-state index in [1.54, 1.807) is 55.5 Å². The lowest BCUT2D eigenvalue weighted by atomic mass is 9.98. The zero-order valence-electron chi connectivity index (χ0n) is 14.4. The molecule has 0 saturated heterocycles. The largest absolute Gasteiger partial charge is 0.348 e. The third kappa shape index (κ3) is 2.86. The molecule has 1 N–H and O–H groups in total. The number of benzene rings is 2. The van der Waals surface area contributed by atoms with Crippen LogP contribution in [0.5, 0.6) is 0 Å². The first-order chi connectivity index (χ1) is 13.1. The van der Waals surface area contributed by atoms with Gasteiger partial charge in [-0.2, -0.15) is 14.8 Å². The van der Waals surface area contributed by atoms with Gasteiger partial charge >= 0.3 is 5.69 Å². The van der Waals surface area contributed by atoms with E-state index in [2.05, 4.69) is 15.2 Å². The number of aromatic nitrogens is 3. The molecule has 0 spiro atoms. The third-order valence-corrected chi connectivity index (χ3v) is 4.25. The van der Waals surface area contributed by atoms with Crippen molar-refractivity contribution >= 4 is 23.1 Å². The summed E-state index contributed by atoms with van der Waals surface area (Å²) in [5.74, 6) is -2.35. The summed E-state index contributed by atoms with van der Waals surface area (Å²) in [6.07, 6.45) is 0. The van der Waals surface area contributed by atoms with Crippen molar-refractivity contribution < 1.29 is 9.59 Å². The summed E-state index contributed by atoms with van der Waals surface area (Å²) in [4.78, 5) is 40.2.